The molecular weight excluding hydrogens is 306 g/mol. The van der Waals surface area contributed by atoms with Crippen LogP contribution in [-0.2, 0) is 10.0 Å². The van der Waals surface area contributed by atoms with E-state index in [1.807, 2.05) is 7.05 Å². The highest BCUT2D eigenvalue weighted by Gasteiger charge is 2.10. The third-order valence-electron chi connectivity index (χ3n) is 2.08. The van der Waals surface area contributed by atoms with Gasteiger partial charge in [0.15, 0.2) is 0 Å². The normalized spacial score (nSPS) is 11.4. The second-order valence-corrected chi connectivity index (χ2v) is 6.35. The van der Waals surface area contributed by atoms with Gasteiger partial charge < -0.3 is 5.32 Å². The SMILES string of the molecule is CNCCCCS(=O)(=O)Nc1ccc(Br)cn1. The summed E-state index contributed by atoms with van der Waals surface area (Å²) in [6.07, 6.45) is 3.02. The van der Waals surface area contributed by atoms with Gasteiger partial charge in [0.25, 0.3) is 0 Å². The Balaban J connectivity index is 2.46. The number of halogens is 1. The lowest BCUT2D eigenvalue weighted by molar-refractivity contribution is 0.595. The molecular formula is C10H16BrN3O2S. The van der Waals surface area contributed by atoms with Crippen molar-refractivity contribution in [2.45, 2.75) is 12.8 Å². The Morgan fingerprint density at radius 2 is 2.12 bits per heavy atom. The van der Waals surface area contributed by atoms with E-state index >= 15 is 0 Å². The number of nitrogens with zero attached hydrogens (tertiary/aromatic N) is 1. The van der Waals surface area contributed by atoms with Gasteiger partial charge in [-0.05, 0) is 54.5 Å². The van der Waals surface area contributed by atoms with Gasteiger partial charge in [0, 0.05) is 10.7 Å². The molecule has 0 bridgehead atoms. The molecule has 0 radical (unpaired) electrons. The van der Waals surface area contributed by atoms with Crippen LogP contribution >= 0.6 is 15.9 Å². The largest absolute Gasteiger partial charge is 0.320 e. The van der Waals surface area contributed by atoms with Crippen LogP contribution in [0.25, 0.3) is 0 Å². The lowest BCUT2D eigenvalue weighted by Gasteiger charge is -2.06. The summed E-state index contributed by atoms with van der Waals surface area (Å²) in [4.78, 5) is 3.96. The van der Waals surface area contributed by atoms with Gasteiger partial charge in [-0.2, -0.15) is 0 Å². The van der Waals surface area contributed by atoms with Gasteiger partial charge in [-0.25, -0.2) is 13.4 Å². The van der Waals surface area contributed by atoms with Crippen LogP contribution in [0, 0.1) is 0 Å². The molecule has 1 aromatic rings. The molecule has 1 heterocycles. The summed E-state index contributed by atoms with van der Waals surface area (Å²) in [6, 6.07) is 3.36. The van der Waals surface area contributed by atoms with E-state index in [0.29, 0.717) is 12.2 Å². The van der Waals surface area contributed by atoms with Gasteiger partial charge in [0.05, 0.1) is 5.75 Å². The van der Waals surface area contributed by atoms with Crippen molar-refractivity contribution in [2.75, 3.05) is 24.1 Å². The number of hydrogen-bond acceptors (Lipinski definition) is 4. The van der Waals surface area contributed by atoms with Gasteiger partial charge >= 0.3 is 0 Å². The molecule has 1 rings (SSSR count). The number of hydrogen-bond donors (Lipinski definition) is 2. The molecule has 17 heavy (non-hydrogen) atoms. The molecule has 1 aromatic heterocycles. The molecule has 0 fully saturated rings. The van der Waals surface area contributed by atoms with Crippen molar-refractivity contribution in [3.63, 3.8) is 0 Å². The first-order chi connectivity index (χ1) is 8.03. The van der Waals surface area contributed by atoms with Crippen molar-refractivity contribution in [1.29, 1.82) is 0 Å². The predicted octanol–water partition coefficient (Wildman–Crippen LogP) is 1.59. The molecule has 5 nitrogen and oxygen atoms in total. The van der Waals surface area contributed by atoms with Crippen molar-refractivity contribution in [3.05, 3.63) is 22.8 Å². The molecule has 96 valence electrons. The van der Waals surface area contributed by atoms with Crippen molar-refractivity contribution >= 4 is 31.8 Å². The van der Waals surface area contributed by atoms with E-state index in [-0.39, 0.29) is 5.75 Å². The van der Waals surface area contributed by atoms with E-state index in [1.54, 1.807) is 18.3 Å². The average molecular weight is 322 g/mol. The zero-order valence-corrected chi connectivity index (χ0v) is 12.0. The van der Waals surface area contributed by atoms with Gasteiger partial charge in [0.1, 0.15) is 5.82 Å². The van der Waals surface area contributed by atoms with E-state index in [0.717, 1.165) is 17.4 Å². The average Bonchev–Trinajstić information content (AvgIpc) is 2.27. The van der Waals surface area contributed by atoms with Crippen molar-refractivity contribution in [3.8, 4) is 0 Å². The highest BCUT2D eigenvalue weighted by atomic mass is 79.9. The summed E-state index contributed by atoms with van der Waals surface area (Å²) >= 11 is 3.24. The number of rotatable bonds is 7. The number of nitrogens with one attached hydrogen (secondary N) is 2. The molecule has 0 aliphatic heterocycles. The molecule has 0 atom stereocenters. The fourth-order valence-electron chi connectivity index (χ4n) is 1.24. The molecule has 0 aliphatic carbocycles. The minimum atomic E-state index is -3.28. The van der Waals surface area contributed by atoms with Crippen LogP contribution in [0.5, 0.6) is 0 Å². The maximum Gasteiger partial charge on any atom is 0.233 e. The Labute approximate surface area is 110 Å². The van der Waals surface area contributed by atoms with E-state index in [9.17, 15) is 8.42 Å². The predicted molar refractivity (Wildman–Crippen MR) is 72.5 cm³/mol. The number of unbranched alkanes of at least 4 members (excludes halogenated alkanes) is 1. The summed E-state index contributed by atoms with van der Waals surface area (Å²) in [6.45, 7) is 0.825. The third-order valence-corrected chi connectivity index (χ3v) is 3.89. The van der Waals surface area contributed by atoms with Crippen molar-refractivity contribution < 1.29 is 8.42 Å². The minimum absolute atomic E-state index is 0.117. The standard InChI is InChI=1S/C10H16BrN3O2S/c1-12-6-2-3-7-17(15,16)14-10-5-4-9(11)8-13-10/h4-5,8,12H,2-3,6-7H2,1H3,(H,13,14). The van der Waals surface area contributed by atoms with Crippen molar-refractivity contribution in [1.82, 2.24) is 10.3 Å². The first-order valence-electron chi connectivity index (χ1n) is 5.30. The van der Waals surface area contributed by atoms with Gasteiger partial charge in [-0.3, -0.25) is 4.72 Å². The topological polar surface area (TPSA) is 71.1 Å². The van der Waals surface area contributed by atoms with Gasteiger partial charge in [-0.1, -0.05) is 0 Å². The zero-order valence-electron chi connectivity index (χ0n) is 9.61. The maximum atomic E-state index is 11.7. The Morgan fingerprint density at radius 1 is 1.35 bits per heavy atom. The molecule has 0 aliphatic rings. The van der Waals surface area contributed by atoms with Crippen LogP contribution in [0.4, 0.5) is 5.82 Å². The van der Waals surface area contributed by atoms with Crippen LogP contribution < -0.4 is 10.0 Å². The molecule has 0 unspecified atom stereocenters. The molecule has 2 N–H and O–H groups in total. The number of anilines is 1. The fourth-order valence-corrected chi connectivity index (χ4v) is 2.60. The Kier molecular flexibility index (Phi) is 5.87. The van der Waals surface area contributed by atoms with E-state index in [4.69, 9.17) is 0 Å². The molecule has 7 heteroatoms. The summed E-state index contributed by atoms with van der Waals surface area (Å²) < 4.78 is 26.6. The number of pyridine rings is 1. The van der Waals surface area contributed by atoms with Crippen LogP contribution in [0.2, 0.25) is 0 Å². The second-order valence-electron chi connectivity index (χ2n) is 3.59. The monoisotopic (exact) mass is 321 g/mol. The fraction of sp³-hybridized carbons (Fsp3) is 0.500. The van der Waals surface area contributed by atoms with E-state index < -0.39 is 10.0 Å². The highest BCUT2D eigenvalue weighted by Crippen LogP contribution is 2.12. The smallest absolute Gasteiger partial charge is 0.233 e. The summed E-state index contributed by atoms with van der Waals surface area (Å²) in [5.41, 5.74) is 0. The van der Waals surface area contributed by atoms with Crippen LogP contribution in [0.1, 0.15) is 12.8 Å². The minimum Gasteiger partial charge on any atom is -0.320 e. The zero-order chi connectivity index (χ0) is 12.7. The molecule has 0 aromatic carbocycles. The van der Waals surface area contributed by atoms with E-state index in [2.05, 4.69) is 31.0 Å². The second kappa shape index (κ2) is 6.93. The van der Waals surface area contributed by atoms with Gasteiger partial charge in [0.2, 0.25) is 10.0 Å². The summed E-state index contributed by atoms with van der Waals surface area (Å²) in [5.74, 6) is 0.466. The van der Waals surface area contributed by atoms with Crippen LogP contribution in [0.15, 0.2) is 22.8 Å². The molecule has 0 amide bonds. The first-order valence-corrected chi connectivity index (χ1v) is 7.75. The van der Waals surface area contributed by atoms with Crippen LogP contribution in [0.3, 0.4) is 0 Å². The number of aromatic nitrogens is 1. The molecule has 0 saturated heterocycles. The Bertz CT molecular complexity index is 433. The maximum absolute atomic E-state index is 11.7. The van der Waals surface area contributed by atoms with Crippen molar-refractivity contribution in [2.24, 2.45) is 0 Å². The lowest BCUT2D eigenvalue weighted by atomic mass is 10.3. The van der Waals surface area contributed by atoms with E-state index in [1.165, 1.54) is 0 Å². The molecule has 0 saturated carbocycles. The summed E-state index contributed by atoms with van der Waals surface area (Å²) in [7, 11) is -1.44. The van der Waals surface area contributed by atoms with Gasteiger partial charge in [-0.15, -0.1) is 0 Å². The lowest BCUT2D eigenvalue weighted by Crippen LogP contribution is -2.18. The Morgan fingerprint density at radius 3 is 2.71 bits per heavy atom. The Hall–Kier alpha value is -0.660. The highest BCUT2D eigenvalue weighted by molar-refractivity contribution is 9.10. The first kappa shape index (κ1) is 14.4. The molecule has 0 spiro atoms. The number of sulfonamides is 1. The quantitative estimate of drug-likeness (QED) is 0.748. The van der Waals surface area contributed by atoms with Crippen LogP contribution in [-0.4, -0.2) is 32.7 Å². The third kappa shape index (κ3) is 5.99. The summed E-state index contributed by atoms with van der Waals surface area (Å²) in [5, 5.41) is 2.98.